The van der Waals surface area contributed by atoms with Crippen LogP contribution in [0.1, 0.15) is 39.2 Å². The summed E-state index contributed by atoms with van der Waals surface area (Å²) in [7, 11) is 0. The summed E-state index contributed by atoms with van der Waals surface area (Å²) in [4.78, 5) is 29.4. The minimum atomic E-state index is -0.408. The van der Waals surface area contributed by atoms with Crippen LogP contribution in [0.25, 0.3) is 0 Å². The summed E-state index contributed by atoms with van der Waals surface area (Å²) in [5.41, 5.74) is 6.55. The van der Waals surface area contributed by atoms with Crippen LogP contribution in [0.15, 0.2) is 30.3 Å². The third kappa shape index (κ3) is 5.56. The number of nitrogens with zero attached hydrogens (tertiary/aromatic N) is 2. The molecule has 1 unspecified atom stereocenters. The molecule has 2 N–H and O–H groups in total. The summed E-state index contributed by atoms with van der Waals surface area (Å²) >= 11 is 0. The van der Waals surface area contributed by atoms with E-state index in [4.69, 9.17) is 5.73 Å². The monoisotopic (exact) mass is 359 g/mol. The van der Waals surface area contributed by atoms with E-state index in [2.05, 4.69) is 12.1 Å². The Labute approximate surface area is 157 Å². The lowest BCUT2D eigenvalue weighted by molar-refractivity contribution is -0.145. The zero-order chi connectivity index (χ0) is 19.2. The third-order valence-electron chi connectivity index (χ3n) is 4.92. The highest BCUT2D eigenvalue weighted by Gasteiger charge is 2.34. The predicted molar refractivity (Wildman–Crippen MR) is 105 cm³/mol. The highest BCUT2D eigenvalue weighted by Crippen LogP contribution is 2.24. The molecular formula is C21H33N3O2. The van der Waals surface area contributed by atoms with Gasteiger partial charge in [-0.3, -0.25) is 9.59 Å². The molecule has 1 aromatic rings. The third-order valence-corrected chi connectivity index (χ3v) is 4.92. The summed E-state index contributed by atoms with van der Waals surface area (Å²) in [5, 5.41) is 0. The van der Waals surface area contributed by atoms with Crippen molar-refractivity contribution in [1.82, 2.24) is 9.80 Å². The van der Waals surface area contributed by atoms with Gasteiger partial charge in [-0.25, -0.2) is 0 Å². The number of carbonyl (C=O) groups is 2. The Morgan fingerprint density at radius 2 is 1.88 bits per heavy atom. The van der Waals surface area contributed by atoms with Crippen LogP contribution in [0.3, 0.4) is 0 Å². The molecule has 1 aliphatic rings. The lowest BCUT2D eigenvalue weighted by Gasteiger charge is -2.37. The molecule has 2 amide bonds. The summed E-state index contributed by atoms with van der Waals surface area (Å²) < 4.78 is 0. The number of hydrogen-bond donors (Lipinski definition) is 1. The van der Waals surface area contributed by atoms with E-state index in [1.165, 1.54) is 5.56 Å². The minimum absolute atomic E-state index is 0.114. The van der Waals surface area contributed by atoms with Crippen LogP contribution in [-0.4, -0.2) is 54.3 Å². The van der Waals surface area contributed by atoms with Crippen molar-refractivity contribution in [1.29, 1.82) is 0 Å². The van der Waals surface area contributed by atoms with Crippen LogP contribution < -0.4 is 5.73 Å². The first-order valence-corrected chi connectivity index (χ1v) is 9.65. The second-order valence-electron chi connectivity index (χ2n) is 8.19. The van der Waals surface area contributed by atoms with E-state index in [0.29, 0.717) is 26.2 Å². The lowest BCUT2D eigenvalue weighted by Crippen LogP contribution is -2.50. The summed E-state index contributed by atoms with van der Waals surface area (Å²) in [6, 6.07) is 10.2. The number of benzene rings is 1. The van der Waals surface area contributed by atoms with E-state index in [0.717, 1.165) is 25.8 Å². The Bertz CT molecular complexity index is 595. The predicted octanol–water partition coefficient (Wildman–Crippen LogP) is 2.30. The fraction of sp³-hybridized carbons (Fsp3) is 0.619. The van der Waals surface area contributed by atoms with Crippen LogP contribution in [-0.2, 0) is 16.0 Å². The lowest BCUT2D eigenvalue weighted by atomic mass is 9.90. The van der Waals surface area contributed by atoms with Crippen LogP contribution >= 0.6 is 0 Å². The zero-order valence-electron chi connectivity index (χ0n) is 16.4. The van der Waals surface area contributed by atoms with Crippen LogP contribution in [0, 0.1) is 11.3 Å². The number of hydrogen-bond acceptors (Lipinski definition) is 3. The van der Waals surface area contributed by atoms with Crippen molar-refractivity contribution in [3.8, 4) is 0 Å². The summed E-state index contributed by atoms with van der Waals surface area (Å²) in [5.74, 6) is 0.153. The van der Waals surface area contributed by atoms with Gasteiger partial charge in [0.25, 0.3) is 0 Å². The normalized spacial score (nSPS) is 17.8. The van der Waals surface area contributed by atoms with Crippen molar-refractivity contribution >= 4 is 11.8 Å². The molecule has 0 radical (unpaired) electrons. The fourth-order valence-corrected chi connectivity index (χ4v) is 3.49. The van der Waals surface area contributed by atoms with Gasteiger partial charge in [-0.05, 0) is 24.8 Å². The molecule has 1 fully saturated rings. The van der Waals surface area contributed by atoms with Crippen LogP contribution in [0.5, 0.6) is 0 Å². The zero-order valence-corrected chi connectivity index (χ0v) is 16.4. The van der Waals surface area contributed by atoms with Crippen LogP contribution in [0.4, 0.5) is 0 Å². The second kappa shape index (κ2) is 9.17. The standard InChI is InChI=1S/C21H33N3O2/c1-21(2,3)20(26)24-13-7-10-18(16-24)19(25)23(15-12-22)14-11-17-8-5-4-6-9-17/h4-6,8-9,18H,7,10-16,22H2,1-3H3. The summed E-state index contributed by atoms with van der Waals surface area (Å²) in [6.45, 7) is 8.77. The molecule has 2 rings (SSSR count). The van der Waals surface area contributed by atoms with E-state index in [9.17, 15) is 9.59 Å². The van der Waals surface area contributed by atoms with Gasteiger partial charge in [0, 0.05) is 38.1 Å². The molecule has 5 nitrogen and oxygen atoms in total. The van der Waals surface area contributed by atoms with Crippen molar-refractivity contribution in [3.05, 3.63) is 35.9 Å². The highest BCUT2D eigenvalue weighted by atomic mass is 16.2. The van der Waals surface area contributed by atoms with E-state index < -0.39 is 5.41 Å². The van der Waals surface area contributed by atoms with Crippen molar-refractivity contribution in [3.63, 3.8) is 0 Å². The molecule has 26 heavy (non-hydrogen) atoms. The van der Waals surface area contributed by atoms with Gasteiger partial charge in [0.1, 0.15) is 0 Å². The number of carbonyl (C=O) groups excluding carboxylic acids is 2. The van der Waals surface area contributed by atoms with Crippen LogP contribution in [0.2, 0.25) is 0 Å². The largest absolute Gasteiger partial charge is 0.341 e. The fourth-order valence-electron chi connectivity index (χ4n) is 3.49. The molecule has 0 spiro atoms. The quantitative estimate of drug-likeness (QED) is 0.847. The SMILES string of the molecule is CC(C)(C)C(=O)N1CCCC(C(=O)N(CCN)CCc2ccccc2)C1. The highest BCUT2D eigenvalue weighted by molar-refractivity contribution is 5.84. The molecule has 0 bridgehead atoms. The molecular weight excluding hydrogens is 326 g/mol. The van der Waals surface area contributed by atoms with E-state index >= 15 is 0 Å². The first-order chi connectivity index (χ1) is 12.3. The molecule has 1 aromatic carbocycles. The Morgan fingerprint density at radius 1 is 1.19 bits per heavy atom. The molecule has 1 heterocycles. The molecule has 1 atom stereocenters. The average molecular weight is 360 g/mol. The van der Waals surface area contributed by atoms with Gasteiger partial charge in [0.15, 0.2) is 0 Å². The average Bonchev–Trinajstić information content (AvgIpc) is 2.64. The maximum atomic E-state index is 13.1. The smallest absolute Gasteiger partial charge is 0.227 e. The van der Waals surface area contributed by atoms with Gasteiger partial charge in [-0.15, -0.1) is 0 Å². The van der Waals surface area contributed by atoms with E-state index in [1.807, 2.05) is 48.8 Å². The molecule has 0 aromatic heterocycles. The van der Waals surface area contributed by atoms with Crippen molar-refractivity contribution < 1.29 is 9.59 Å². The van der Waals surface area contributed by atoms with Gasteiger partial charge < -0.3 is 15.5 Å². The van der Waals surface area contributed by atoms with Crippen molar-refractivity contribution in [2.75, 3.05) is 32.7 Å². The maximum absolute atomic E-state index is 13.1. The number of rotatable bonds is 6. The van der Waals surface area contributed by atoms with Gasteiger partial charge in [0.2, 0.25) is 11.8 Å². The second-order valence-corrected chi connectivity index (χ2v) is 8.19. The first kappa shape index (κ1) is 20.4. The first-order valence-electron chi connectivity index (χ1n) is 9.65. The van der Waals surface area contributed by atoms with E-state index in [-0.39, 0.29) is 17.7 Å². The van der Waals surface area contributed by atoms with Crippen molar-refractivity contribution in [2.24, 2.45) is 17.1 Å². The van der Waals surface area contributed by atoms with Gasteiger partial charge in [0.05, 0.1) is 5.92 Å². The molecule has 0 saturated carbocycles. The van der Waals surface area contributed by atoms with Gasteiger partial charge in [-0.2, -0.15) is 0 Å². The minimum Gasteiger partial charge on any atom is -0.341 e. The number of nitrogens with two attached hydrogens (primary N) is 1. The molecule has 1 saturated heterocycles. The number of likely N-dealkylation sites (tertiary alicyclic amines) is 1. The Balaban J connectivity index is 1.99. The van der Waals surface area contributed by atoms with Gasteiger partial charge in [-0.1, -0.05) is 51.1 Å². The van der Waals surface area contributed by atoms with E-state index in [1.54, 1.807) is 0 Å². The number of piperidine rings is 1. The van der Waals surface area contributed by atoms with Gasteiger partial charge >= 0.3 is 0 Å². The Kier molecular flexibility index (Phi) is 7.21. The Hall–Kier alpha value is -1.88. The molecule has 0 aliphatic carbocycles. The number of amides is 2. The maximum Gasteiger partial charge on any atom is 0.227 e. The molecule has 144 valence electrons. The summed E-state index contributed by atoms with van der Waals surface area (Å²) in [6.07, 6.45) is 2.55. The molecule has 1 aliphatic heterocycles. The Morgan fingerprint density at radius 3 is 2.50 bits per heavy atom. The van der Waals surface area contributed by atoms with Crippen molar-refractivity contribution in [2.45, 2.75) is 40.0 Å². The topological polar surface area (TPSA) is 66.6 Å². The molecule has 5 heteroatoms.